The Morgan fingerprint density at radius 3 is 2.55 bits per heavy atom. The standard InChI is InChI=1S/C24H24ClNO5/c1-14(2)30-12-4-11-26-21(15-5-8-17(29-3)9-6-15)20-22(27)18-13-16(25)7-10-19(18)31-23(20)24(26)28/h5-10,13-14,21H,4,11-12H2,1-3H3/t21-/m1/s1. The van der Waals surface area contributed by atoms with Gasteiger partial charge in [-0.15, -0.1) is 0 Å². The average Bonchev–Trinajstić information content (AvgIpc) is 3.04. The van der Waals surface area contributed by atoms with Crippen molar-refractivity contribution >= 4 is 28.5 Å². The molecule has 0 saturated carbocycles. The van der Waals surface area contributed by atoms with Crippen LogP contribution in [0.4, 0.5) is 0 Å². The maximum absolute atomic E-state index is 13.4. The molecular weight excluding hydrogens is 418 g/mol. The summed E-state index contributed by atoms with van der Waals surface area (Å²) in [4.78, 5) is 28.4. The highest BCUT2D eigenvalue weighted by atomic mass is 35.5. The third-order valence-electron chi connectivity index (χ3n) is 5.35. The van der Waals surface area contributed by atoms with Crippen LogP contribution >= 0.6 is 11.6 Å². The van der Waals surface area contributed by atoms with Crippen LogP contribution in [0.5, 0.6) is 5.75 Å². The second kappa shape index (κ2) is 8.73. The van der Waals surface area contributed by atoms with E-state index in [-0.39, 0.29) is 23.2 Å². The van der Waals surface area contributed by atoms with Crippen molar-refractivity contribution in [1.82, 2.24) is 4.90 Å². The highest BCUT2D eigenvalue weighted by Gasteiger charge is 2.42. The average molecular weight is 442 g/mol. The first-order chi connectivity index (χ1) is 14.9. The Bertz CT molecular complexity index is 1170. The van der Waals surface area contributed by atoms with Crippen LogP contribution in [0, 0.1) is 0 Å². The number of carbonyl (C=O) groups excluding carboxylic acids is 1. The molecule has 0 aliphatic carbocycles. The van der Waals surface area contributed by atoms with Crippen molar-refractivity contribution in [2.75, 3.05) is 20.3 Å². The lowest BCUT2D eigenvalue weighted by Crippen LogP contribution is -2.31. The molecule has 31 heavy (non-hydrogen) atoms. The van der Waals surface area contributed by atoms with E-state index >= 15 is 0 Å². The highest BCUT2D eigenvalue weighted by Crippen LogP contribution is 2.38. The number of ether oxygens (including phenoxy) is 2. The van der Waals surface area contributed by atoms with Gasteiger partial charge in [-0.05, 0) is 56.2 Å². The lowest BCUT2D eigenvalue weighted by Gasteiger charge is -2.25. The summed E-state index contributed by atoms with van der Waals surface area (Å²) < 4.78 is 16.8. The van der Waals surface area contributed by atoms with E-state index in [4.69, 9.17) is 25.5 Å². The van der Waals surface area contributed by atoms with Crippen molar-refractivity contribution in [3.05, 3.63) is 74.6 Å². The molecule has 7 heteroatoms. The molecule has 1 atom stereocenters. The fourth-order valence-corrected chi connectivity index (χ4v) is 4.08. The molecular formula is C24H24ClNO5. The van der Waals surface area contributed by atoms with E-state index in [9.17, 15) is 9.59 Å². The molecule has 0 bridgehead atoms. The van der Waals surface area contributed by atoms with Gasteiger partial charge in [-0.1, -0.05) is 23.7 Å². The van der Waals surface area contributed by atoms with Crippen LogP contribution in [0.2, 0.25) is 5.02 Å². The Hall–Kier alpha value is -2.83. The monoisotopic (exact) mass is 441 g/mol. The Morgan fingerprint density at radius 1 is 1.13 bits per heavy atom. The van der Waals surface area contributed by atoms with E-state index in [0.29, 0.717) is 46.9 Å². The van der Waals surface area contributed by atoms with Gasteiger partial charge in [-0.2, -0.15) is 0 Å². The molecule has 0 unspecified atom stereocenters. The van der Waals surface area contributed by atoms with Gasteiger partial charge in [0.1, 0.15) is 11.3 Å². The number of benzene rings is 2. The quantitative estimate of drug-likeness (QED) is 0.492. The molecule has 0 spiro atoms. The molecule has 0 N–H and O–H groups in total. The van der Waals surface area contributed by atoms with Crippen molar-refractivity contribution in [2.45, 2.75) is 32.4 Å². The van der Waals surface area contributed by atoms with E-state index in [1.807, 2.05) is 38.1 Å². The Labute approximate surface area is 185 Å². The number of halogens is 1. The van der Waals surface area contributed by atoms with Gasteiger partial charge in [-0.3, -0.25) is 9.59 Å². The van der Waals surface area contributed by atoms with Gasteiger partial charge in [-0.25, -0.2) is 0 Å². The lowest BCUT2D eigenvalue weighted by atomic mass is 9.98. The van der Waals surface area contributed by atoms with Crippen LogP contribution in [-0.4, -0.2) is 37.2 Å². The summed E-state index contributed by atoms with van der Waals surface area (Å²) in [6, 6.07) is 11.7. The van der Waals surface area contributed by atoms with Crippen molar-refractivity contribution < 1.29 is 18.7 Å². The van der Waals surface area contributed by atoms with Gasteiger partial charge in [0.15, 0.2) is 5.43 Å². The number of amides is 1. The minimum absolute atomic E-state index is 0.0884. The number of fused-ring (bicyclic) bond motifs is 2. The number of hydrogen-bond acceptors (Lipinski definition) is 5. The maximum atomic E-state index is 13.4. The van der Waals surface area contributed by atoms with Crippen molar-refractivity contribution in [1.29, 1.82) is 0 Å². The summed E-state index contributed by atoms with van der Waals surface area (Å²) >= 11 is 6.11. The van der Waals surface area contributed by atoms with Gasteiger partial charge in [0.05, 0.1) is 30.2 Å². The third kappa shape index (κ3) is 4.05. The van der Waals surface area contributed by atoms with Crippen molar-refractivity contribution in [2.24, 2.45) is 0 Å². The Balaban J connectivity index is 1.81. The molecule has 2 heterocycles. The molecule has 0 radical (unpaired) electrons. The zero-order chi connectivity index (χ0) is 22.1. The molecule has 3 aromatic rings. The van der Waals surface area contributed by atoms with Crippen LogP contribution in [-0.2, 0) is 4.74 Å². The summed E-state index contributed by atoms with van der Waals surface area (Å²) in [5, 5.41) is 0.801. The number of hydrogen-bond donors (Lipinski definition) is 0. The topological polar surface area (TPSA) is 69.0 Å². The molecule has 0 fully saturated rings. The van der Waals surface area contributed by atoms with Crippen LogP contribution < -0.4 is 10.2 Å². The third-order valence-corrected chi connectivity index (χ3v) is 5.59. The van der Waals surface area contributed by atoms with E-state index in [1.54, 1.807) is 30.2 Å². The zero-order valence-corrected chi connectivity index (χ0v) is 18.4. The summed E-state index contributed by atoms with van der Waals surface area (Å²) in [5.74, 6) is 0.488. The Kier molecular flexibility index (Phi) is 6.03. The second-order valence-electron chi connectivity index (χ2n) is 7.76. The van der Waals surface area contributed by atoms with Crippen LogP contribution in [0.1, 0.15) is 48.0 Å². The Morgan fingerprint density at radius 2 is 1.87 bits per heavy atom. The molecule has 0 saturated heterocycles. The van der Waals surface area contributed by atoms with Gasteiger partial charge < -0.3 is 18.8 Å². The lowest BCUT2D eigenvalue weighted by molar-refractivity contribution is 0.0593. The van der Waals surface area contributed by atoms with Gasteiger partial charge >= 0.3 is 0 Å². The first-order valence-corrected chi connectivity index (χ1v) is 10.6. The first-order valence-electron chi connectivity index (χ1n) is 10.2. The highest BCUT2D eigenvalue weighted by molar-refractivity contribution is 6.31. The number of methoxy groups -OCH3 is 1. The first kappa shape index (κ1) is 21.4. The van der Waals surface area contributed by atoms with Crippen molar-refractivity contribution in [3.8, 4) is 5.75 Å². The predicted molar refractivity (Wildman–Crippen MR) is 119 cm³/mol. The minimum Gasteiger partial charge on any atom is -0.497 e. The summed E-state index contributed by atoms with van der Waals surface area (Å²) in [6.07, 6.45) is 0.756. The summed E-state index contributed by atoms with van der Waals surface area (Å²) in [5.41, 5.74) is 1.26. The van der Waals surface area contributed by atoms with Crippen LogP contribution in [0.25, 0.3) is 11.0 Å². The van der Waals surface area contributed by atoms with E-state index in [1.165, 1.54) is 0 Å². The second-order valence-corrected chi connectivity index (χ2v) is 8.20. The molecule has 1 aromatic heterocycles. The summed E-state index contributed by atoms with van der Waals surface area (Å²) in [6.45, 7) is 4.89. The maximum Gasteiger partial charge on any atom is 0.290 e. The fraction of sp³-hybridized carbons (Fsp3) is 0.333. The normalized spacial score (nSPS) is 15.7. The molecule has 4 rings (SSSR count). The number of rotatable bonds is 7. The summed E-state index contributed by atoms with van der Waals surface area (Å²) in [7, 11) is 1.59. The van der Waals surface area contributed by atoms with E-state index in [0.717, 1.165) is 5.56 Å². The van der Waals surface area contributed by atoms with E-state index in [2.05, 4.69) is 0 Å². The molecule has 2 aromatic carbocycles. The van der Waals surface area contributed by atoms with Crippen LogP contribution in [0.15, 0.2) is 51.7 Å². The molecule has 162 valence electrons. The van der Waals surface area contributed by atoms with Crippen molar-refractivity contribution in [3.63, 3.8) is 0 Å². The number of nitrogens with zero attached hydrogens (tertiary/aromatic N) is 1. The van der Waals surface area contributed by atoms with Crippen LogP contribution in [0.3, 0.4) is 0 Å². The largest absolute Gasteiger partial charge is 0.497 e. The van der Waals surface area contributed by atoms with E-state index < -0.39 is 6.04 Å². The van der Waals surface area contributed by atoms with Gasteiger partial charge in [0.2, 0.25) is 5.76 Å². The predicted octanol–water partition coefficient (Wildman–Crippen LogP) is 4.82. The molecule has 1 aliphatic heterocycles. The van der Waals surface area contributed by atoms with Gasteiger partial charge in [0.25, 0.3) is 5.91 Å². The SMILES string of the molecule is COc1ccc([C@@H]2c3c(oc4ccc(Cl)cc4c3=O)C(=O)N2CCCOC(C)C)cc1. The zero-order valence-electron chi connectivity index (χ0n) is 17.7. The minimum atomic E-state index is -0.549. The molecule has 1 aliphatic rings. The molecule has 6 nitrogen and oxygen atoms in total. The van der Waals surface area contributed by atoms with Gasteiger partial charge in [0, 0.05) is 18.2 Å². The number of carbonyl (C=O) groups is 1. The molecule has 1 amide bonds. The fourth-order valence-electron chi connectivity index (χ4n) is 3.91. The smallest absolute Gasteiger partial charge is 0.290 e.